The lowest BCUT2D eigenvalue weighted by Crippen LogP contribution is -2.06. The van der Waals surface area contributed by atoms with Crippen LogP contribution in [0.3, 0.4) is 0 Å². The summed E-state index contributed by atoms with van der Waals surface area (Å²) in [7, 11) is 2.97. The molecule has 96 valence electrons. The lowest BCUT2D eigenvalue weighted by molar-refractivity contribution is -0.111. The monoisotopic (exact) mass is 288 g/mol. The number of anilines is 1. The van der Waals surface area contributed by atoms with Gasteiger partial charge in [-0.05, 0) is 40.5 Å². The van der Waals surface area contributed by atoms with Gasteiger partial charge in [-0.15, -0.1) is 0 Å². The molecule has 2 aromatic rings. The number of carbonyl (C=O) groups excluding carboxylic acids is 1. The van der Waals surface area contributed by atoms with Gasteiger partial charge in [-0.3, -0.25) is 4.79 Å². The van der Waals surface area contributed by atoms with Crippen LogP contribution in [0.15, 0.2) is 71.2 Å². The summed E-state index contributed by atoms with van der Waals surface area (Å²) in [5.41, 5.74) is 0.791. The lowest BCUT2D eigenvalue weighted by Gasteiger charge is -2.00. The van der Waals surface area contributed by atoms with Crippen LogP contribution in [0.4, 0.5) is 5.69 Å². The molecule has 0 spiro atoms. The van der Waals surface area contributed by atoms with Crippen molar-refractivity contribution < 1.29 is 4.79 Å². The van der Waals surface area contributed by atoms with Gasteiger partial charge in [-0.25, -0.2) is 4.98 Å². The van der Waals surface area contributed by atoms with E-state index in [1.807, 2.05) is 48.5 Å². The predicted octanol–water partition coefficient (Wildman–Crippen LogP) is 3.97. The van der Waals surface area contributed by atoms with Gasteiger partial charge in [0, 0.05) is 18.0 Å². The summed E-state index contributed by atoms with van der Waals surface area (Å²) in [4.78, 5) is 15.8. The van der Waals surface area contributed by atoms with Crippen LogP contribution in [0, 0.1) is 0 Å². The molecule has 1 N–H and O–H groups in total. The van der Waals surface area contributed by atoms with Crippen LogP contribution in [-0.4, -0.2) is 10.9 Å². The molecular weight excluding hydrogens is 276 g/mol. The highest BCUT2D eigenvalue weighted by Gasteiger charge is 1.96. The zero-order valence-corrected chi connectivity index (χ0v) is 11.7. The molecule has 3 nitrogen and oxygen atoms in total. The Balaban J connectivity index is 1.75. The number of para-hydroxylation sites is 1. The van der Waals surface area contributed by atoms with Gasteiger partial charge < -0.3 is 5.32 Å². The Kier molecular flexibility index (Phi) is 5.52. The second kappa shape index (κ2) is 7.66. The maximum atomic E-state index is 11.6. The maximum absolute atomic E-state index is 11.6. The molecule has 1 aromatic heterocycles. The minimum Gasteiger partial charge on any atom is -0.322 e. The zero-order chi connectivity index (χ0) is 13.3. The normalized spacial score (nSPS) is 10.5. The van der Waals surface area contributed by atoms with E-state index in [9.17, 15) is 4.79 Å². The van der Waals surface area contributed by atoms with E-state index < -0.39 is 0 Å². The van der Waals surface area contributed by atoms with Crippen LogP contribution >= 0.6 is 21.6 Å². The molecular formula is C14H12N2OS2. The van der Waals surface area contributed by atoms with Crippen molar-refractivity contribution >= 4 is 33.2 Å². The highest BCUT2D eigenvalue weighted by molar-refractivity contribution is 8.77. The molecule has 1 aromatic carbocycles. The van der Waals surface area contributed by atoms with E-state index in [1.165, 1.54) is 27.7 Å². The third-order valence-electron chi connectivity index (χ3n) is 2.09. The van der Waals surface area contributed by atoms with Crippen molar-refractivity contribution in [2.24, 2.45) is 0 Å². The second-order valence-electron chi connectivity index (χ2n) is 3.51. The number of benzene rings is 1. The van der Waals surface area contributed by atoms with E-state index >= 15 is 0 Å². The maximum Gasteiger partial charge on any atom is 0.248 e. The van der Waals surface area contributed by atoms with Crippen molar-refractivity contribution in [2.45, 2.75) is 5.03 Å². The SMILES string of the molecule is O=C(/C=C/SSc1ccccn1)Nc1ccccc1. The first-order valence-corrected chi connectivity index (χ1v) is 7.83. The summed E-state index contributed by atoms with van der Waals surface area (Å²) in [5.74, 6) is -0.139. The smallest absolute Gasteiger partial charge is 0.248 e. The number of amides is 1. The summed E-state index contributed by atoms with van der Waals surface area (Å²) >= 11 is 0. The van der Waals surface area contributed by atoms with Crippen LogP contribution in [0.1, 0.15) is 0 Å². The fourth-order valence-electron chi connectivity index (χ4n) is 1.27. The van der Waals surface area contributed by atoms with Crippen molar-refractivity contribution in [3.63, 3.8) is 0 Å². The topological polar surface area (TPSA) is 42.0 Å². The van der Waals surface area contributed by atoms with Crippen molar-refractivity contribution in [2.75, 3.05) is 5.32 Å². The third-order valence-corrected chi connectivity index (χ3v) is 3.98. The zero-order valence-electron chi connectivity index (χ0n) is 10.0. The predicted molar refractivity (Wildman–Crippen MR) is 81.9 cm³/mol. The van der Waals surface area contributed by atoms with Gasteiger partial charge in [-0.2, -0.15) is 0 Å². The first-order valence-electron chi connectivity index (χ1n) is 5.61. The van der Waals surface area contributed by atoms with Gasteiger partial charge in [0.25, 0.3) is 0 Å². The molecule has 1 amide bonds. The number of carbonyl (C=O) groups is 1. The summed E-state index contributed by atoms with van der Waals surface area (Å²) < 4.78 is 0. The van der Waals surface area contributed by atoms with E-state index in [-0.39, 0.29) is 5.91 Å². The van der Waals surface area contributed by atoms with Crippen molar-refractivity contribution in [3.05, 3.63) is 66.2 Å². The van der Waals surface area contributed by atoms with Crippen molar-refractivity contribution in [1.29, 1.82) is 0 Å². The van der Waals surface area contributed by atoms with Gasteiger partial charge in [0.05, 0.1) is 0 Å². The van der Waals surface area contributed by atoms with Gasteiger partial charge in [-0.1, -0.05) is 35.1 Å². The molecule has 0 aliphatic carbocycles. The number of nitrogens with one attached hydrogen (secondary N) is 1. The van der Waals surface area contributed by atoms with E-state index in [0.717, 1.165) is 10.7 Å². The van der Waals surface area contributed by atoms with Gasteiger partial charge >= 0.3 is 0 Å². The Morgan fingerprint density at radius 1 is 1.11 bits per heavy atom. The Morgan fingerprint density at radius 3 is 2.63 bits per heavy atom. The number of hydrogen-bond acceptors (Lipinski definition) is 4. The first-order chi connectivity index (χ1) is 9.34. The van der Waals surface area contributed by atoms with Gasteiger partial charge in [0.1, 0.15) is 5.03 Å². The molecule has 0 bridgehead atoms. The Hall–Kier alpha value is -1.72. The fourth-order valence-corrected chi connectivity index (χ4v) is 2.76. The Labute approximate surface area is 119 Å². The quantitative estimate of drug-likeness (QED) is 0.667. The van der Waals surface area contributed by atoms with Crippen LogP contribution in [0.5, 0.6) is 0 Å². The van der Waals surface area contributed by atoms with Crippen LogP contribution in [0.2, 0.25) is 0 Å². The van der Waals surface area contributed by atoms with E-state index in [2.05, 4.69) is 10.3 Å². The molecule has 19 heavy (non-hydrogen) atoms. The molecule has 5 heteroatoms. The molecule has 0 saturated carbocycles. The molecule has 0 saturated heterocycles. The average Bonchev–Trinajstić information content (AvgIpc) is 2.46. The number of nitrogens with zero attached hydrogens (tertiary/aromatic N) is 1. The van der Waals surface area contributed by atoms with E-state index in [4.69, 9.17) is 0 Å². The number of rotatable bonds is 5. The molecule has 0 radical (unpaired) electrons. The first kappa shape index (κ1) is 13.7. The molecule has 0 unspecified atom stereocenters. The fraction of sp³-hybridized carbons (Fsp3) is 0. The number of pyridine rings is 1. The molecule has 0 aliphatic heterocycles. The van der Waals surface area contributed by atoms with Gasteiger partial charge in [0.2, 0.25) is 5.91 Å². The Bertz CT molecular complexity index is 544. The summed E-state index contributed by atoms with van der Waals surface area (Å²) in [6.07, 6.45) is 3.25. The highest BCUT2D eigenvalue weighted by Crippen LogP contribution is 2.29. The molecule has 0 atom stereocenters. The third kappa shape index (κ3) is 5.19. The molecule has 2 rings (SSSR count). The lowest BCUT2D eigenvalue weighted by atomic mass is 10.3. The van der Waals surface area contributed by atoms with E-state index in [1.54, 1.807) is 11.6 Å². The second-order valence-corrected chi connectivity index (χ2v) is 5.63. The van der Waals surface area contributed by atoms with Crippen molar-refractivity contribution in [3.8, 4) is 0 Å². The Morgan fingerprint density at radius 2 is 1.89 bits per heavy atom. The van der Waals surface area contributed by atoms with Crippen LogP contribution < -0.4 is 5.32 Å². The standard InChI is InChI=1S/C14H12N2OS2/c17-13(16-12-6-2-1-3-7-12)9-11-18-19-14-8-4-5-10-15-14/h1-11H,(H,16,17)/b11-9+. The minimum absolute atomic E-state index is 0.139. The summed E-state index contributed by atoms with van der Waals surface area (Å²) in [6.45, 7) is 0. The summed E-state index contributed by atoms with van der Waals surface area (Å²) in [6, 6.07) is 15.1. The molecule has 0 aliphatic rings. The minimum atomic E-state index is -0.139. The molecule has 0 fully saturated rings. The van der Waals surface area contributed by atoms with Gasteiger partial charge in [0.15, 0.2) is 0 Å². The van der Waals surface area contributed by atoms with Crippen molar-refractivity contribution in [1.82, 2.24) is 4.98 Å². The number of aromatic nitrogens is 1. The van der Waals surface area contributed by atoms with E-state index in [0.29, 0.717) is 0 Å². The number of hydrogen-bond donors (Lipinski definition) is 1. The largest absolute Gasteiger partial charge is 0.322 e. The molecule has 1 heterocycles. The highest BCUT2D eigenvalue weighted by atomic mass is 33.1. The van der Waals surface area contributed by atoms with Crippen LogP contribution in [-0.2, 0) is 4.79 Å². The summed E-state index contributed by atoms with van der Waals surface area (Å²) in [5, 5.41) is 5.44. The van der Waals surface area contributed by atoms with Crippen LogP contribution in [0.25, 0.3) is 0 Å². The average molecular weight is 288 g/mol.